The first-order chi connectivity index (χ1) is 12.7. The van der Waals surface area contributed by atoms with Gasteiger partial charge in [-0.3, -0.25) is 0 Å². The summed E-state index contributed by atoms with van der Waals surface area (Å²) in [7, 11) is 0. The summed E-state index contributed by atoms with van der Waals surface area (Å²) in [4.78, 5) is 0. The number of aryl methyl sites for hydroxylation is 1. The summed E-state index contributed by atoms with van der Waals surface area (Å²) in [6.07, 6.45) is 9.00. The lowest BCUT2D eigenvalue weighted by Crippen LogP contribution is -2.31. The van der Waals surface area contributed by atoms with Crippen LogP contribution in [0, 0.1) is 12.1 Å². The standard InChI is InChI=1S/C22H33NO3/c1-4-6-8-12-16-25-21-18(3)19-14-10-11-15-20(19)23(24)22(21)26-17-13-9-7-5-2/h10-11,14-15H,4-9,12-13,16-17H2,1-3H3. The van der Waals surface area contributed by atoms with Gasteiger partial charge in [0.2, 0.25) is 11.3 Å². The smallest absolute Gasteiger partial charge is 0.423 e. The first kappa shape index (κ1) is 20.3. The van der Waals surface area contributed by atoms with E-state index >= 15 is 0 Å². The number of para-hydroxylation sites is 1. The van der Waals surface area contributed by atoms with Gasteiger partial charge in [0, 0.05) is 11.6 Å². The Morgan fingerprint density at radius 1 is 0.846 bits per heavy atom. The first-order valence-corrected chi connectivity index (χ1v) is 10.1. The molecule has 0 saturated heterocycles. The number of ether oxygens (including phenoxy) is 2. The van der Waals surface area contributed by atoms with Gasteiger partial charge >= 0.3 is 5.88 Å². The van der Waals surface area contributed by atoms with E-state index in [1.165, 1.54) is 25.7 Å². The second-order valence-electron chi connectivity index (χ2n) is 6.89. The molecule has 2 rings (SSSR count). The molecule has 0 unspecified atom stereocenters. The SMILES string of the molecule is CCCCCCOc1c(C)c2ccccc2[n+]([O-])c1OCCCCCC. The van der Waals surface area contributed by atoms with E-state index in [4.69, 9.17) is 9.47 Å². The minimum atomic E-state index is 0.313. The minimum Gasteiger partial charge on any atom is -0.615 e. The number of hydrogen-bond donors (Lipinski definition) is 0. The van der Waals surface area contributed by atoms with Crippen LogP contribution in [0.2, 0.25) is 0 Å². The maximum Gasteiger partial charge on any atom is 0.423 e. The zero-order chi connectivity index (χ0) is 18.8. The van der Waals surface area contributed by atoms with E-state index in [0.717, 1.165) is 41.4 Å². The lowest BCUT2D eigenvalue weighted by molar-refractivity contribution is -0.585. The lowest BCUT2D eigenvalue weighted by atomic mass is 10.1. The van der Waals surface area contributed by atoms with Crippen molar-refractivity contribution in [3.05, 3.63) is 35.0 Å². The van der Waals surface area contributed by atoms with Gasteiger partial charge in [0.05, 0.1) is 18.6 Å². The van der Waals surface area contributed by atoms with Crippen LogP contribution in [0.1, 0.15) is 70.8 Å². The fraction of sp³-hybridized carbons (Fsp3) is 0.591. The number of rotatable bonds is 12. The second kappa shape index (κ2) is 10.9. The Morgan fingerprint density at radius 3 is 2.12 bits per heavy atom. The molecule has 0 fully saturated rings. The molecule has 0 amide bonds. The highest BCUT2D eigenvalue weighted by molar-refractivity contribution is 5.82. The third kappa shape index (κ3) is 5.26. The van der Waals surface area contributed by atoms with Crippen LogP contribution in [0.3, 0.4) is 0 Å². The van der Waals surface area contributed by atoms with E-state index in [0.29, 0.717) is 30.4 Å². The van der Waals surface area contributed by atoms with Crippen molar-refractivity contribution in [3.8, 4) is 11.6 Å². The van der Waals surface area contributed by atoms with E-state index in [1.54, 1.807) is 0 Å². The highest BCUT2D eigenvalue weighted by atomic mass is 16.6. The summed E-state index contributed by atoms with van der Waals surface area (Å²) in [5.74, 6) is 0.916. The Labute approximate surface area is 157 Å². The van der Waals surface area contributed by atoms with Gasteiger partial charge in [-0.05, 0) is 25.8 Å². The molecule has 0 aliphatic heterocycles. The Bertz CT molecular complexity index is 626. The van der Waals surface area contributed by atoms with Crippen LogP contribution < -0.4 is 14.2 Å². The van der Waals surface area contributed by atoms with E-state index < -0.39 is 0 Å². The predicted molar refractivity (Wildman–Crippen MR) is 107 cm³/mol. The molecule has 0 aliphatic rings. The quantitative estimate of drug-likeness (QED) is 0.277. The van der Waals surface area contributed by atoms with Gasteiger partial charge in [-0.25, -0.2) is 0 Å². The zero-order valence-corrected chi connectivity index (χ0v) is 16.6. The molecule has 26 heavy (non-hydrogen) atoms. The Kier molecular flexibility index (Phi) is 8.52. The van der Waals surface area contributed by atoms with Crippen molar-refractivity contribution < 1.29 is 14.2 Å². The van der Waals surface area contributed by atoms with Crippen LogP contribution in [-0.2, 0) is 0 Å². The molecule has 0 N–H and O–H groups in total. The minimum absolute atomic E-state index is 0.313. The second-order valence-corrected chi connectivity index (χ2v) is 6.89. The number of nitrogens with zero attached hydrogens (tertiary/aromatic N) is 1. The van der Waals surface area contributed by atoms with Crippen LogP contribution in [0.5, 0.6) is 11.6 Å². The highest BCUT2D eigenvalue weighted by Gasteiger charge is 2.24. The Morgan fingerprint density at radius 2 is 1.46 bits per heavy atom. The number of pyridine rings is 1. The lowest BCUT2D eigenvalue weighted by Gasteiger charge is -2.16. The summed E-state index contributed by atoms with van der Waals surface area (Å²) in [6, 6.07) is 7.64. The molecule has 0 bridgehead atoms. The van der Waals surface area contributed by atoms with Gasteiger partial charge in [-0.2, -0.15) is 0 Å². The molecule has 0 atom stereocenters. The van der Waals surface area contributed by atoms with E-state index in [-0.39, 0.29) is 0 Å². The van der Waals surface area contributed by atoms with Crippen molar-refractivity contribution in [2.75, 3.05) is 13.2 Å². The molecule has 0 radical (unpaired) electrons. The number of fused-ring (bicyclic) bond motifs is 1. The zero-order valence-electron chi connectivity index (χ0n) is 16.6. The third-order valence-electron chi connectivity index (χ3n) is 4.73. The maximum atomic E-state index is 12.9. The van der Waals surface area contributed by atoms with Crippen molar-refractivity contribution in [2.45, 2.75) is 72.1 Å². The molecule has 144 valence electrons. The Hall–Kier alpha value is -1.97. The van der Waals surface area contributed by atoms with Crippen molar-refractivity contribution in [3.63, 3.8) is 0 Å². The van der Waals surface area contributed by atoms with E-state index in [1.807, 2.05) is 31.2 Å². The topological polar surface area (TPSA) is 45.4 Å². The summed E-state index contributed by atoms with van der Waals surface area (Å²) >= 11 is 0. The molecule has 1 heterocycles. The van der Waals surface area contributed by atoms with Crippen LogP contribution >= 0.6 is 0 Å². The summed E-state index contributed by atoms with van der Waals surface area (Å²) in [6.45, 7) is 7.55. The van der Waals surface area contributed by atoms with Crippen molar-refractivity contribution in [2.24, 2.45) is 0 Å². The fourth-order valence-electron chi connectivity index (χ4n) is 3.15. The average Bonchev–Trinajstić information content (AvgIpc) is 2.66. The number of hydrogen-bond acceptors (Lipinski definition) is 3. The van der Waals surface area contributed by atoms with Gasteiger partial charge in [-0.1, -0.05) is 64.5 Å². The number of benzene rings is 1. The molecular formula is C22H33NO3. The summed E-state index contributed by atoms with van der Waals surface area (Å²) in [5.41, 5.74) is 1.61. The van der Waals surface area contributed by atoms with Gasteiger partial charge in [-0.15, -0.1) is 4.73 Å². The van der Waals surface area contributed by atoms with Crippen molar-refractivity contribution >= 4 is 10.9 Å². The molecule has 1 aromatic carbocycles. The molecular weight excluding hydrogens is 326 g/mol. The van der Waals surface area contributed by atoms with Gasteiger partial charge < -0.3 is 14.7 Å². The molecule has 4 nitrogen and oxygen atoms in total. The molecule has 0 saturated carbocycles. The molecule has 4 heteroatoms. The molecule has 0 spiro atoms. The van der Waals surface area contributed by atoms with Crippen LogP contribution in [0.15, 0.2) is 24.3 Å². The Balaban J connectivity index is 2.20. The van der Waals surface area contributed by atoms with Crippen LogP contribution in [0.25, 0.3) is 10.9 Å². The van der Waals surface area contributed by atoms with Gasteiger partial charge in [0.25, 0.3) is 0 Å². The molecule has 1 aromatic heterocycles. The third-order valence-corrected chi connectivity index (χ3v) is 4.73. The van der Waals surface area contributed by atoms with Crippen LogP contribution in [-0.4, -0.2) is 13.2 Å². The van der Waals surface area contributed by atoms with Gasteiger partial charge in [0.1, 0.15) is 0 Å². The summed E-state index contributed by atoms with van der Waals surface area (Å²) < 4.78 is 12.8. The number of aromatic nitrogens is 1. The van der Waals surface area contributed by atoms with E-state index in [9.17, 15) is 5.21 Å². The average molecular weight is 360 g/mol. The van der Waals surface area contributed by atoms with Crippen molar-refractivity contribution in [1.29, 1.82) is 0 Å². The maximum absolute atomic E-state index is 12.9. The monoisotopic (exact) mass is 359 g/mol. The first-order valence-electron chi connectivity index (χ1n) is 10.1. The normalized spacial score (nSPS) is 11.0. The molecule has 0 aliphatic carbocycles. The van der Waals surface area contributed by atoms with Crippen LogP contribution in [0.4, 0.5) is 0 Å². The highest BCUT2D eigenvalue weighted by Crippen LogP contribution is 2.33. The predicted octanol–water partition coefficient (Wildman–Crippen LogP) is 5.70. The van der Waals surface area contributed by atoms with Crippen molar-refractivity contribution in [1.82, 2.24) is 0 Å². The largest absolute Gasteiger partial charge is 0.615 e. The summed E-state index contributed by atoms with van der Waals surface area (Å²) in [5, 5.41) is 13.8. The van der Waals surface area contributed by atoms with E-state index in [2.05, 4.69) is 13.8 Å². The van der Waals surface area contributed by atoms with Gasteiger partial charge in [0.15, 0.2) is 0 Å². The molecule has 2 aromatic rings. The number of unbranched alkanes of at least 4 members (excludes halogenated alkanes) is 6. The fourth-order valence-corrected chi connectivity index (χ4v) is 3.15.